The summed E-state index contributed by atoms with van der Waals surface area (Å²) in [5.41, 5.74) is 3.34. The minimum absolute atomic E-state index is 0.222. The molecule has 0 saturated heterocycles. The van der Waals surface area contributed by atoms with Crippen molar-refractivity contribution in [3.63, 3.8) is 0 Å². The number of benzene rings is 1. The number of aliphatic hydroxyl groups excluding tert-OH is 1. The highest BCUT2D eigenvalue weighted by atomic mass is 16.5. The molecule has 1 aromatic carbocycles. The van der Waals surface area contributed by atoms with Gasteiger partial charge in [-0.2, -0.15) is 0 Å². The van der Waals surface area contributed by atoms with E-state index >= 15 is 0 Å². The second kappa shape index (κ2) is 10.9. The van der Waals surface area contributed by atoms with Crippen molar-refractivity contribution in [3.8, 4) is 5.75 Å². The van der Waals surface area contributed by atoms with Crippen molar-refractivity contribution in [1.82, 2.24) is 0 Å². The van der Waals surface area contributed by atoms with Gasteiger partial charge in [0.15, 0.2) is 0 Å². The average Bonchev–Trinajstić information content (AvgIpc) is 3.04. The van der Waals surface area contributed by atoms with Crippen LogP contribution in [0.4, 0.5) is 0 Å². The fraction of sp³-hybridized carbons (Fsp3) is 0.500. The molecule has 0 bridgehead atoms. The van der Waals surface area contributed by atoms with Gasteiger partial charge in [-0.3, -0.25) is 0 Å². The van der Waals surface area contributed by atoms with E-state index in [-0.39, 0.29) is 6.61 Å². The molecule has 1 aliphatic rings. The van der Waals surface area contributed by atoms with Crippen LogP contribution < -0.4 is 4.74 Å². The molecule has 1 saturated carbocycles. The van der Waals surface area contributed by atoms with Crippen molar-refractivity contribution in [2.75, 3.05) is 6.61 Å². The van der Waals surface area contributed by atoms with Crippen LogP contribution in [0.5, 0.6) is 5.75 Å². The van der Waals surface area contributed by atoms with E-state index in [0.29, 0.717) is 11.8 Å². The highest BCUT2D eigenvalue weighted by molar-refractivity contribution is 5.23. The first-order chi connectivity index (χ1) is 11.8. The number of para-hydroxylation sites is 1. The van der Waals surface area contributed by atoms with E-state index < -0.39 is 0 Å². The summed E-state index contributed by atoms with van der Waals surface area (Å²) in [6.45, 7) is 2.41. The summed E-state index contributed by atoms with van der Waals surface area (Å²) in [4.78, 5) is 0. The van der Waals surface area contributed by atoms with Crippen LogP contribution in [-0.2, 0) is 0 Å². The second-order valence-electron chi connectivity index (χ2n) is 6.45. The van der Waals surface area contributed by atoms with Gasteiger partial charge in [0.25, 0.3) is 0 Å². The van der Waals surface area contributed by atoms with Crippen molar-refractivity contribution in [2.24, 2.45) is 11.8 Å². The zero-order valence-electron chi connectivity index (χ0n) is 14.8. The number of unbranched alkanes of at least 4 members (excludes halogenated alkanes) is 1. The first-order valence-electron chi connectivity index (χ1n) is 9.28. The third kappa shape index (κ3) is 6.39. The fourth-order valence-corrected chi connectivity index (χ4v) is 3.26. The molecule has 0 aliphatic heterocycles. The Balaban J connectivity index is 2.07. The molecule has 0 radical (unpaired) electrons. The summed E-state index contributed by atoms with van der Waals surface area (Å²) in [7, 11) is 0. The molecule has 0 spiro atoms. The summed E-state index contributed by atoms with van der Waals surface area (Å²) in [5, 5.41) is 8.92. The molecule has 24 heavy (non-hydrogen) atoms. The predicted octanol–water partition coefficient (Wildman–Crippen LogP) is 5.65. The summed E-state index contributed by atoms with van der Waals surface area (Å²) in [6.07, 6.45) is 14.2. The maximum absolute atomic E-state index is 8.92. The van der Waals surface area contributed by atoms with Crippen molar-refractivity contribution < 1.29 is 9.84 Å². The van der Waals surface area contributed by atoms with Crippen LogP contribution >= 0.6 is 0 Å². The van der Waals surface area contributed by atoms with E-state index in [1.807, 2.05) is 36.4 Å². The Morgan fingerprint density at radius 2 is 2.12 bits per heavy atom. The average molecular weight is 326 g/mol. The summed E-state index contributed by atoms with van der Waals surface area (Å²) >= 11 is 0. The standard InChI is InChI=1S/C22H30O2/c1-2-3-11-19-12-10-13-20(19)18-22(16-8-5-9-17-23)24-21-14-6-4-7-15-21/h3-4,6-8,11,14-15,19-20,23H,2,5,9-10,12-13,17-18H2,1H3/t16?,19-,20+/m0/s1. The van der Waals surface area contributed by atoms with Crippen LogP contribution in [0.1, 0.15) is 51.9 Å². The third-order valence-electron chi connectivity index (χ3n) is 4.54. The molecule has 130 valence electrons. The Morgan fingerprint density at radius 3 is 2.88 bits per heavy atom. The molecule has 0 amide bonds. The van der Waals surface area contributed by atoms with Crippen LogP contribution in [-0.4, -0.2) is 11.7 Å². The molecule has 1 N–H and O–H groups in total. The topological polar surface area (TPSA) is 29.5 Å². The van der Waals surface area contributed by atoms with Gasteiger partial charge in [-0.05, 0) is 62.1 Å². The van der Waals surface area contributed by atoms with E-state index in [4.69, 9.17) is 9.84 Å². The van der Waals surface area contributed by atoms with Crippen molar-refractivity contribution in [1.29, 1.82) is 0 Å². The van der Waals surface area contributed by atoms with Gasteiger partial charge >= 0.3 is 0 Å². The van der Waals surface area contributed by atoms with E-state index in [0.717, 1.165) is 37.2 Å². The molecular formula is C22H30O2. The molecule has 0 heterocycles. The lowest BCUT2D eigenvalue weighted by Gasteiger charge is -2.17. The zero-order valence-corrected chi connectivity index (χ0v) is 14.8. The van der Waals surface area contributed by atoms with Gasteiger partial charge in [-0.25, -0.2) is 0 Å². The molecule has 2 rings (SSSR count). The molecule has 1 aliphatic carbocycles. The number of allylic oxidation sites excluding steroid dienone is 3. The van der Waals surface area contributed by atoms with Gasteiger partial charge in [0.05, 0.1) is 0 Å². The highest BCUT2D eigenvalue weighted by Crippen LogP contribution is 2.37. The number of aliphatic hydroxyl groups is 1. The van der Waals surface area contributed by atoms with Crippen molar-refractivity contribution in [2.45, 2.75) is 51.9 Å². The molecule has 2 nitrogen and oxygen atoms in total. The molecule has 1 aromatic rings. The lowest BCUT2D eigenvalue weighted by molar-refractivity contribution is 0.289. The number of hydrogen-bond acceptors (Lipinski definition) is 2. The second-order valence-corrected chi connectivity index (χ2v) is 6.45. The van der Waals surface area contributed by atoms with Crippen LogP contribution in [0.2, 0.25) is 0 Å². The Bertz CT molecular complexity index is 553. The minimum Gasteiger partial charge on any atom is -0.454 e. The SMILES string of the molecule is CCC=C[C@H]1CCC[C@@H]1CC(=C=CCCCO)Oc1ccccc1. The molecule has 2 atom stereocenters. The van der Waals surface area contributed by atoms with Gasteiger partial charge in [0.1, 0.15) is 11.5 Å². The van der Waals surface area contributed by atoms with Gasteiger partial charge in [0.2, 0.25) is 0 Å². The minimum atomic E-state index is 0.222. The monoisotopic (exact) mass is 326 g/mol. The number of ether oxygens (including phenoxy) is 1. The third-order valence-corrected chi connectivity index (χ3v) is 4.54. The smallest absolute Gasteiger partial charge is 0.146 e. The first kappa shape index (κ1) is 18.6. The fourth-order valence-electron chi connectivity index (χ4n) is 3.26. The molecule has 0 unspecified atom stereocenters. The Kier molecular flexibility index (Phi) is 8.45. The summed E-state index contributed by atoms with van der Waals surface area (Å²) in [6, 6.07) is 9.95. The zero-order chi connectivity index (χ0) is 17.0. The number of rotatable bonds is 9. The van der Waals surface area contributed by atoms with E-state index in [1.165, 1.54) is 19.3 Å². The molecule has 2 heteroatoms. The lowest BCUT2D eigenvalue weighted by Crippen LogP contribution is -2.09. The molecule has 0 aromatic heterocycles. The van der Waals surface area contributed by atoms with Crippen LogP contribution in [0, 0.1) is 11.8 Å². The largest absolute Gasteiger partial charge is 0.454 e. The maximum Gasteiger partial charge on any atom is 0.146 e. The lowest BCUT2D eigenvalue weighted by atomic mass is 9.91. The maximum atomic E-state index is 8.92. The van der Waals surface area contributed by atoms with Gasteiger partial charge in [0, 0.05) is 13.0 Å². The van der Waals surface area contributed by atoms with E-state index in [2.05, 4.69) is 24.8 Å². The Labute approximate surface area is 146 Å². The van der Waals surface area contributed by atoms with Crippen molar-refractivity contribution >= 4 is 0 Å². The molecular weight excluding hydrogens is 296 g/mol. The number of hydrogen-bond donors (Lipinski definition) is 1. The highest BCUT2D eigenvalue weighted by Gasteiger charge is 2.26. The molecule has 1 fully saturated rings. The normalized spacial score (nSPS) is 20.1. The van der Waals surface area contributed by atoms with E-state index in [9.17, 15) is 0 Å². The van der Waals surface area contributed by atoms with Crippen LogP contribution in [0.3, 0.4) is 0 Å². The summed E-state index contributed by atoms with van der Waals surface area (Å²) < 4.78 is 6.10. The van der Waals surface area contributed by atoms with Gasteiger partial charge in [-0.1, -0.05) is 49.4 Å². The Hall–Kier alpha value is -1.76. The van der Waals surface area contributed by atoms with E-state index in [1.54, 1.807) is 0 Å². The predicted molar refractivity (Wildman–Crippen MR) is 99.9 cm³/mol. The van der Waals surface area contributed by atoms with Crippen LogP contribution in [0.15, 0.2) is 60.1 Å². The van der Waals surface area contributed by atoms with Crippen LogP contribution in [0.25, 0.3) is 0 Å². The summed E-state index contributed by atoms with van der Waals surface area (Å²) in [5.74, 6) is 3.10. The first-order valence-corrected chi connectivity index (χ1v) is 9.28. The van der Waals surface area contributed by atoms with Gasteiger partial charge < -0.3 is 9.84 Å². The van der Waals surface area contributed by atoms with Gasteiger partial charge in [-0.15, -0.1) is 0 Å². The quantitative estimate of drug-likeness (QED) is 0.275. The van der Waals surface area contributed by atoms with Crippen molar-refractivity contribution in [3.05, 3.63) is 60.1 Å². The Morgan fingerprint density at radius 1 is 1.29 bits per heavy atom.